The molecule has 1 aliphatic rings. The third-order valence-corrected chi connectivity index (χ3v) is 3.03. The van der Waals surface area contributed by atoms with E-state index in [0.29, 0.717) is 16.4 Å². The fourth-order valence-corrected chi connectivity index (χ4v) is 1.78. The van der Waals surface area contributed by atoms with Crippen LogP contribution in [-0.2, 0) is 9.59 Å². The fraction of sp³-hybridized carbons (Fsp3) is 0.0833. The zero-order valence-electron chi connectivity index (χ0n) is 9.11. The highest BCUT2D eigenvalue weighted by Crippen LogP contribution is 2.25. The Morgan fingerprint density at radius 2 is 1.94 bits per heavy atom. The standard InChI is InChI=1S/C12H8Cl2N2O2/c13-7-3-6(1-2-9(7)15)16-10-5-11(17)8(14)4-12(10)18/h1-4H,5,15H2. The molecular formula is C12H8Cl2N2O2. The lowest BCUT2D eigenvalue weighted by Crippen LogP contribution is -2.22. The van der Waals surface area contributed by atoms with Crippen LogP contribution in [0, 0.1) is 0 Å². The van der Waals surface area contributed by atoms with Crippen molar-refractivity contribution in [3.8, 4) is 0 Å². The average Bonchev–Trinajstić information content (AvgIpc) is 2.31. The minimum Gasteiger partial charge on any atom is -0.398 e. The van der Waals surface area contributed by atoms with E-state index >= 15 is 0 Å². The Hall–Kier alpha value is -1.65. The van der Waals surface area contributed by atoms with Crippen molar-refractivity contribution in [3.63, 3.8) is 0 Å². The Kier molecular flexibility index (Phi) is 3.50. The lowest BCUT2D eigenvalue weighted by atomic mass is 10.0. The van der Waals surface area contributed by atoms with Crippen LogP contribution >= 0.6 is 23.2 Å². The van der Waals surface area contributed by atoms with Crippen LogP contribution in [0.1, 0.15) is 6.42 Å². The second-order valence-corrected chi connectivity index (χ2v) is 4.54. The fourth-order valence-electron chi connectivity index (χ4n) is 1.44. The molecule has 0 fully saturated rings. The van der Waals surface area contributed by atoms with Gasteiger partial charge in [-0.2, -0.15) is 0 Å². The molecule has 2 N–H and O–H groups in total. The molecule has 0 aliphatic heterocycles. The van der Waals surface area contributed by atoms with Crippen LogP contribution in [0.25, 0.3) is 0 Å². The number of aliphatic imine (C=N–C) groups is 1. The van der Waals surface area contributed by atoms with Gasteiger partial charge in [0.1, 0.15) is 0 Å². The van der Waals surface area contributed by atoms with Crippen molar-refractivity contribution in [3.05, 3.63) is 34.3 Å². The molecule has 1 aliphatic carbocycles. The first-order chi connectivity index (χ1) is 8.47. The second kappa shape index (κ2) is 4.92. The Morgan fingerprint density at radius 1 is 1.22 bits per heavy atom. The molecule has 0 spiro atoms. The number of halogens is 2. The summed E-state index contributed by atoms with van der Waals surface area (Å²) in [5, 5.41) is 0.286. The van der Waals surface area contributed by atoms with E-state index in [1.807, 2.05) is 0 Å². The lowest BCUT2D eigenvalue weighted by Gasteiger charge is -2.08. The number of hydrogen-bond donors (Lipinski definition) is 1. The van der Waals surface area contributed by atoms with Crippen molar-refractivity contribution in [2.75, 3.05) is 5.73 Å². The largest absolute Gasteiger partial charge is 0.398 e. The zero-order valence-corrected chi connectivity index (χ0v) is 10.6. The molecule has 0 saturated carbocycles. The second-order valence-electron chi connectivity index (χ2n) is 3.72. The molecule has 18 heavy (non-hydrogen) atoms. The van der Waals surface area contributed by atoms with Crippen molar-refractivity contribution in [1.29, 1.82) is 0 Å². The summed E-state index contributed by atoms with van der Waals surface area (Å²) in [6.45, 7) is 0. The first-order valence-electron chi connectivity index (χ1n) is 5.04. The van der Waals surface area contributed by atoms with E-state index < -0.39 is 0 Å². The van der Waals surface area contributed by atoms with Crippen LogP contribution in [0.5, 0.6) is 0 Å². The van der Waals surface area contributed by atoms with Gasteiger partial charge in [0.2, 0.25) is 5.78 Å². The number of rotatable bonds is 1. The van der Waals surface area contributed by atoms with Crippen molar-refractivity contribution < 1.29 is 9.59 Å². The van der Waals surface area contributed by atoms with E-state index in [9.17, 15) is 9.59 Å². The van der Waals surface area contributed by atoms with Crippen LogP contribution in [-0.4, -0.2) is 17.3 Å². The van der Waals surface area contributed by atoms with E-state index in [-0.39, 0.29) is 28.7 Å². The molecule has 92 valence electrons. The van der Waals surface area contributed by atoms with Crippen LogP contribution < -0.4 is 5.73 Å². The van der Waals surface area contributed by atoms with Crippen LogP contribution in [0.4, 0.5) is 11.4 Å². The van der Waals surface area contributed by atoms with Gasteiger partial charge in [0.05, 0.1) is 33.6 Å². The van der Waals surface area contributed by atoms with Gasteiger partial charge in [-0.15, -0.1) is 0 Å². The number of hydrogen-bond acceptors (Lipinski definition) is 4. The molecule has 0 bridgehead atoms. The van der Waals surface area contributed by atoms with Crippen molar-refractivity contribution >= 4 is 51.9 Å². The maximum Gasteiger partial charge on any atom is 0.202 e. The molecule has 0 radical (unpaired) electrons. The first-order valence-corrected chi connectivity index (χ1v) is 5.80. The summed E-state index contributed by atoms with van der Waals surface area (Å²) in [6.07, 6.45) is 0.974. The third-order valence-electron chi connectivity index (χ3n) is 2.38. The molecular weight excluding hydrogens is 275 g/mol. The van der Waals surface area contributed by atoms with Gasteiger partial charge < -0.3 is 5.73 Å². The van der Waals surface area contributed by atoms with E-state index in [2.05, 4.69) is 4.99 Å². The molecule has 6 heteroatoms. The predicted octanol–water partition coefficient (Wildman–Crippen LogP) is 2.66. The summed E-state index contributed by atoms with van der Waals surface area (Å²) >= 11 is 11.4. The molecule has 4 nitrogen and oxygen atoms in total. The van der Waals surface area contributed by atoms with Gasteiger partial charge in [-0.1, -0.05) is 23.2 Å². The van der Waals surface area contributed by atoms with Gasteiger partial charge in [0.25, 0.3) is 0 Å². The molecule has 1 aromatic rings. The zero-order chi connectivity index (χ0) is 13.3. The summed E-state index contributed by atoms with van der Waals surface area (Å²) in [7, 11) is 0. The van der Waals surface area contributed by atoms with E-state index in [1.54, 1.807) is 12.1 Å². The van der Waals surface area contributed by atoms with Gasteiger partial charge in [-0.05, 0) is 18.2 Å². The number of benzene rings is 1. The van der Waals surface area contributed by atoms with Crippen LogP contribution in [0.2, 0.25) is 5.02 Å². The number of nitrogens with two attached hydrogens (primary N) is 1. The minimum absolute atomic E-state index is 0.0608. The number of Topliss-reactive ketones (excluding diaryl/α,β-unsaturated/α-hetero) is 1. The highest BCUT2D eigenvalue weighted by molar-refractivity contribution is 6.57. The SMILES string of the molecule is Nc1ccc(N=C2CC(=O)C(Cl)=CC2=O)cc1Cl. The number of nitrogens with zero attached hydrogens (tertiary/aromatic N) is 1. The average molecular weight is 283 g/mol. The number of anilines is 1. The van der Waals surface area contributed by atoms with Crippen LogP contribution in [0.3, 0.4) is 0 Å². The van der Waals surface area contributed by atoms with E-state index in [0.717, 1.165) is 6.08 Å². The number of ketones is 2. The van der Waals surface area contributed by atoms with Crippen LogP contribution in [0.15, 0.2) is 34.3 Å². The monoisotopic (exact) mass is 282 g/mol. The normalized spacial score (nSPS) is 18.1. The van der Waals surface area contributed by atoms with Gasteiger partial charge in [0.15, 0.2) is 5.78 Å². The Bertz CT molecular complexity index is 606. The highest BCUT2D eigenvalue weighted by Gasteiger charge is 2.23. The summed E-state index contributed by atoms with van der Waals surface area (Å²) in [4.78, 5) is 27.1. The topological polar surface area (TPSA) is 72.5 Å². The van der Waals surface area contributed by atoms with Crippen molar-refractivity contribution in [2.24, 2.45) is 4.99 Å². The maximum atomic E-state index is 11.6. The van der Waals surface area contributed by atoms with Crippen molar-refractivity contribution in [1.82, 2.24) is 0 Å². The number of carbonyl (C=O) groups is 2. The Balaban J connectivity index is 2.37. The van der Waals surface area contributed by atoms with Gasteiger partial charge in [-0.25, -0.2) is 4.99 Å². The molecule has 0 aromatic heterocycles. The third kappa shape index (κ3) is 2.60. The molecule has 0 amide bonds. The van der Waals surface area contributed by atoms with E-state index in [1.165, 1.54) is 6.07 Å². The van der Waals surface area contributed by atoms with Crippen molar-refractivity contribution in [2.45, 2.75) is 6.42 Å². The molecule has 0 heterocycles. The minimum atomic E-state index is -0.368. The van der Waals surface area contributed by atoms with Gasteiger partial charge in [0, 0.05) is 6.08 Å². The molecule has 0 atom stereocenters. The Morgan fingerprint density at radius 3 is 2.61 bits per heavy atom. The Labute approximate surface area is 113 Å². The first kappa shape index (κ1) is 12.8. The predicted molar refractivity (Wildman–Crippen MR) is 71.5 cm³/mol. The summed E-state index contributed by atoms with van der Waals surface area (Å²) in [5.74, 6) is -0.691. The maximum absolute atomic E-state index is 11.6. The number of carbonyl (C=O) groups excluding carboxylic acids is 2. The number of nitrogen functional groups attached to an aromatic ring is 1. The molecule has 0 unspecified atom stereocenters. The summed E-state index contributed by atoms with van der Waals surface area (Å²) < 4.78 is 0. The molecule has 2 rings (SSSR count). The highest BCUT2D eigenvalue weighted by atomic mass is 35.5. The summed E-state index contributed by atoms with van der Waals surface area (Å²) in [6, 6.07) is 4.73. The molecule has 1 aromatic carbocycles. The van der Waals surface area contributed by atoms with Gasteiger partial charge in [-0.3, -0.25) is 9.59 Å². The summed E-state index contributed by atoms with van der Waals surface area (Å²) in [5.41, 5.74) is 6.60. The lowest BCUT2D eigenvalue weighted by molar-refractivity contribution is -0.116. The van der Waals surface area contributed by atoms with E-state index in [4.69, 9.17) is 28.9 Å². The molecule has 0 saturated heterocycles. The number of allylic oxidation sites excluding steroid dienone is 2. The quantitative estimate of drug-likeness (QED) is 0.805. The van der Waals surface area contributed by atoms with Gasteiger partial charge >= 0.3 is 0 Å². The smallest absolute Gasteiger partial charge is 0.202 e.